The highest BCUT2D eigenvalue weighted by molar-refractivity contribution is 5.46. The van der Waals surface area contributed by atoms with Crippen LogP contribution >= 0.6 is 0 Å². The lowest BCUT2D eigenvalue weighted by Gasteiger charge is -2.16. The van der Waals surface area contributed by atoms with Crippen molar-refractivity contribution in [3.05, 3.63) is 53.6 Å². The number of hydrogen-bond acceptors (Lipinski definition) is 4. The van der Waals surface area contributed by atoms with Gasteiger partial charge in [0, 0.05) is 12.1 Å². The van der Waals surface area contributed by atoms with E-state index in [1.807, 2.05) is 36.4 Å². The molecule has 0 fully saturated rings. The summed E-state index contributed by atoms with van der Waals surface area (Å²) in [5.74, 6) is 2.71. The third-order valence-electron chi connectivity index (χ3n) is 3.63. The van der Waals surface area contributed by atoms with Gasteiger partial charge in [0.15, 0.2) is 11.5 Å². The van der Waals surface area contributed by atoms with Gasteiger partial charge in [0.05, 0.1) is 7.11 Å². The SMILES string of the molecule is COc1cccc(CN)c1OCCOc1ccccc1C(C)C. The van der Waals surface area contributed by atoms with Crippen molar-refractivity contribution >= 4 is 0 Å². The summed E-state index contributed by atoms with van der Waals surface area (Å²) < 4.78 is 17.0. The molecule has 0 radical (unpaired) electrons. The Kier molecular flexibility index (Phi) is 6.29. The Labute approximate surface area is 138 Å². The average Bonchev–Trinajstić information content (AvgIpc) is 2.58. The third-order valence-corrected chi connectivity index (χ3v) is 3.63. The first-order valence-electron chi connectivity index (χ1n) is 7.87. The molecule has 2 aromatic carbocycles. The van der Waals surface area contributed by atoms with Crippen molar-refractivity contribution < 1.29 is 14.2 Å². The van der Waals surface area contributed by atoms with Crippen molar-refractivity contribution in [1.29, 1.82) is 0 Å². The highest BCUT2D eigenvalue weighted by atomic mass is 16.5. The number of rotatable bonds is 8. The van der Waals surface area contributed by atoms with E-state index < -0.39 is 0 Å². The van der Waals surface area contributed by atoms with Crippen LogP contribution in [0.1, 0.15) is 30.9 Å². The van der Waals surface area contributed by atoms with Crippen molar-refractivity contribution in [3.8, 4) is 17.2 Å². The van der Waals surface area contributed by atoms with Crippen LogP contribution in [0.4, 0.5) is 0 Å². The zero-order valence-corrected chi connectivity index (χ0v) is 14.0. The fourth-order valence-electron chi connectivity index (χ4n) is 2.43. The van der Waals surface area contributed by atoms with E-state index in [0.717, 1.165) is 11.3 Å². The molecule has 0 saturated carbocycles. The lowest BCUT2D eigenvalue weighted by molar-refractivity contribution is 0.208. The third kappa shape index (κ3) is 4.39. The summed E-state index contributed by atoms with van der Waals surface area (Å²) in [6.07, 6.45) is 0. The van der Waals surface area contributed by atoms with Crippen LogP contribution < -0.4 is 19.9 Å². The molecular formula is C19H25NO3. The second-order valence-electron chi connectivity index (χ2n) is 5.54. The standard InChI is InChI=1S/C19H25NO3/c1-14(2)16-8-4-5-9-17(16)22-11-12-23-19-15(13-20)7-6-10-18(19)21-3/h4-10,14H,11-13,20H2,1-3H3. The molecule has 0 aromatic heterocycles. The molecule has 0 aliphatic carbocycles. The van der Waals surface area contributed by atoms with E-state index in [0.29, 0.717) is 37.2 Å². The summed E-state index contributed by atoms with van der Waals surface area (Å²) in [6, 6.07) is 13.8. The molecule has 0 aliphatic rings. The van der Waals surface area contributed by atoms with Gasteiger partial charge >= 0.3 is 0 Å². The Hall–Kier alpha value is -2.20. The van der Waals surface area contributed by atoms with Gasteiger partial charge in [-0.05, 0) is 23.6 Å². The maximum absolute atomic E-state index is 5.87. The molecule has 124 valence electrons. The van der Waals surface area contributed by atoms with Gasteiger partial charge in [-0.3, -0.25) is 0 Å². The van der Waals surface area contributed by atoms with Crippen molar-refractivity contribution in [2.24, 2.45) is 5.73 Å². The van der Waals surface area contributed by atoms with Crippen LogP contribution in [0, 0.1) is 0 Å². The molecule has 4 nitrogen and oxygen atoms in total. The molecule has 0 aliphatic heterocycles. The van der Waals surface area contributed by atoms with Gasteiger partial charge < -0.3 is 19.9 Å². The lowest BCUT2D eigenvalue weighted by atomic mass is 10.0. The van der Waals surface area contributed by atoms with Crippen LogP contribution in [0.3, 0.4) is 0 Å². The van der Waals surface area contributed by atoms with Crippen molar-refractivity contribution in [2.75, 3.05) is 20.3 Å². The molecular weight excluding hydrogens is 290 g/mol. The van der Waals surface area contributed by atoms with Gasteiger partial charge in [-0.2, -0.15) is 0 Å². The number of ether oxygens (including phenoxy) is 3. The Morgan fingerprint density at radius 3 is 2.30 bits per heavy atom. The molecule has 0 saturated heterocycles. The predicted molar refractivity (Wildman–Crippen MR) is 92.4 cm³/mol. The molecule has 0 spiro atoms. The van der Waals surface area contributed by atoms with Gasteiger partial charge in [0.2, 0.25) is 0 Å². The summed E-state index contributed by atoms with van der Waals surface area (Å²) >= 11 is 0. The highest BCUT2D eigenvalue weighted by Gasteiger charge is 2.10. The van der Waals surface area contributed by atoms with Gasteiger partial charge in [0.1, 0.15) is 19.0 Å². The van der Waals surface area contributed by atoms with Crippen LogP contribution in [0.25, 0.3) is 0 Å². The van der Waals surface area contributed by atoms with Crippen molar-refractivity contribution in [2.45, 2.75) is 26.3 Å². The van der Waals surface area contributed by atoms with Crippen LogP contribution in [0.2, 0.25) is 0 Å². The second kappa shape index (κ2) is 8.44. The summed E-state index contributed by atoms with van der Waals surface area (Å²) in [4.78, 5) is 0. The monoisotopic (exact) mass is 315 g/mol. The van der Waals surface area contributed by atoms with Gasteiger partial charge in [-0.15, -0.1) is 0 Å². The van der Waals surface area contributed by atoms with E-state index in [2.05, 4.69) is 19.9 Å². The summed E-state index contributed by atoms with van der Waals surface area (Å²) in [6.45, 7) is 5.61. The van der Waals surface area contributed by atoms with E-state index in [4.69, 9.17) is 19.9 Å². The minimum absolute atomic E-state index is 0.406. The first-order chi connectivity index (χ1) is 11.2. The number of hydrogen-bond donors (Lipinski definition) is 1. The van der Waals surface area contributed by atoms with Crippen LogP contribution in [-0.2, 0) is 6.54 Å². The molecule has 0 amide bonds. The summed E-state index contributed by atoms with van der Waals surface area (Å²) in [7, 11) is 1.62. The molecule has 0 heterocycles. The molecule has 0 atom stereocenters. The van der Waals surface area contributed by atoms with Gasteiger partial charge in [-0.1, -0.05) is 44.2 Å². The molecule has 0 unspecified atom stereocenters. The van der Waals surface area contributed by atoms with E-state index >= 15 is 0 Å². The average molecular weight is 315 g/mol. The number of benzene rings is 2. The highest BCUT2D eigenvalue weighted by Crippen LogP contribution is 2.31. The zero-order valence-electron chi connectivity index (χ0n) is 14.0. The topological polar surface area (TPSA) is 53.7 Å². The van der Waals surface area contributed by atoms with E-state index in [1.165, 1.54) is 5.56 Å². The Balaban J connectivity index is 1.96. The maximum atomic E-state index is 5.87. The van der Waals surface area contributed by atoms with Gasteiger partial charge in [0.25, 0.3) is 0 Å². The summed E-state index contributed by atoms with van der Waals surface area (Å²) in [5, 5.41) is 0. The minimum Gasteiger partial charge on any atom is -0.493 e. The summed E-state index contributed by atoms with van der Waals surface area (Å²) in [5.41, 5.74) is 7.88. The molecule has 23 heavy (non-hydrogen) atoms. The number of para-hydroxylation sites is 2. The second-order valence-corrected chi connectivity index (χ2v) is 5.54. The van der Waals surface area contributed by atoms with Crippen LogP contribution in [0.5, 0.6) is 17.2 Å². The fourth-order valence-corrected chi connectivity index (χ4v) is 2.43. The van der Waals surface area contributed by atoms with Crippen molar-refractivity contribution in [3.63, 3.8) is 0 Å². The van der Waals surface area contributed by atoms with E-state index in [9.17, 15) is 0 Å². The molecule has 2 aromatic rings. The van der Waals surface area contributed by atoms with Gasteiger partial charge in [-0.25, -0.2) is 0 Å². The molecule has 2 rings (SSSR count). The zero-order chi connectivity index (χ0) is 16.7. The first kappa shape index (κ1) is 17.2. The largest absolute Gasteiger partial charge is 0.493 e. The van der Waals surface area contributed by atoms with Crippen molar-refractivity contribution in [1.82, 2.24) is 0 Å². The molecule has 0 bridgehead atoms. The molecule has 4 heteroatoms. The fraction of sp³-hybridized carbons (Fsp3) is 0.368. The molecule has 2 N–H and O–H groups in total. The number of nitrogens with two attached hydrogens (primary N) is 1. The van der Waals surface area contributed by atoms with Crippen LogP contribution in [0.15, 0.2) is 42.5 Å². The van der Waals surface area contributed by atoms with E-state index in [-0.39, 0.29) is 0 Å². The smallest absolute Gasteiger partial charge is 0.165 e. The lowest BCUT2D eigenvalue weighted by Crippen LogP contribution is -2.12. The Morgan fingerprint density at radius 2 is 1.61 bits per heavy atom. The minimum atomic E-state index is 0.406. The normalized spacial score (nSPS) is 10.7. The van der Waals surface area contributed by atoms with E-state index in [1.54, 1.807) is 7.11 Å². The Morgan fingerprint density at radius 1 is 0.913 bits per heavy atom. The van der Waals surface area contributed by atoms with Crippen LogP contribution in [-0.4, -0.2) is 20.3 Å². The quantitative estimate of drug-likeness (QED) is 0.754. The maximum Gasteiger partial charge on any atom is 0.165 e. The Bertz CT molecular complexity index is 604. The number of methoxy groups -OCH3 is 1. The first-order valence-corrected chi connectivity index (χ1v) is 7.87. The predicted octanol–water partition coefficient (Wildman–Crippen LogP) is 3.74.